The van der Waals surface area contributed by atoms with Crippen molar-refractivity contribution in [2.24, 2.45) is 0 Å². The van der Waals surface area contributed by atoms with E-state index in [9.17, 15) is 15.0 Å². The number of nitrogens with zero attached hydrogens (tertiary/aromatic N) is 3. The van der Waals surface area contributed by atoms with Gasteiger partial charge in [-0.3, -0.25) is 14.4 Å². The van der Waals surface area contributed by atoms with Gasteiger partial charge >= 0.3 is 5.97 Å². The van der Waals surface area contributed by atoms with Crippen LogP contribution in [0.1, 0.15) is 19.0 Å². The lowest BCUT2D eigenvalue weighted by Crippen LogP contribution is -2.35. The highest BCUT2D eigenvalue weighted by atomic mass is 16.4. The fraction of sp³-hybridized carbons (Fsp3) is 0.467. The van der Waals surface area contributed by atoms with E-state index in [1.54, 1.807) is 4.90 Å². The maximum absolute atomic E-state index is 11.3. The molecule has 3 rings (SSSR count). The van der Waals surface area contributed by atoms with Crippen molar-refractivity contribution in [2.75, 3.05) is 6.54 Å². The third-order valence-electron chi connectivity index (χ3n) is 4.05. The van der Waals surface area contributed by atoms with Crippen molar-refractivity contribution in [2.45, 2.75) is 38.6 Å². The van der Waals surface area contributed by atoms with E-state index in [0.29, 0.717) is 13.1 Å². The molecular formula is C15H19N3O3. The Bertz CT molecular complexity index is 667. The van der Waals surface area contributed by atoms with Gasteiger partial charge in [0.15, 0.2) is 0 Å². The summed E-state index contributed by atoms with van der Waals surface area (Å²) >= 11 is 0. The van der Waals surface area contributed by atoms with Crippen LogP contribution in [-0.4, -0.2) is 49.6 Å². The highest BCUT2D eigenvalue weighted by molar-refractivity contribution is 5.82. The number of aliphatic carboxylic acids is 1. The molecule has 0 aliphatic carbocycles. The molecule has 1 aromatic heterocycles. The van der Waals surface area contributed by atoms with Crippen LogP contribution in [0.5, 0.6) is 0 Å². The zero-order chi connectivity index (χ0) is 15.0. The Morgan fingerprint density at radius 3 is 2.90 bits per heavy atom. The number of rotatable bonds is 4. The second-order valence-electron chi connectivity index (χ2n) is 5.45. The second-order valence-corrected chi connectivity index (χ2v) is 5.45. The predicted octanol–water partition coefficient (Wildman–Crippen LogP) is 1.08. The third kappa shape index (κ3) is 2.52. The van der Waals surface area contributed by atoms with E-state index in [-0.39, 0.29) is 6.42 Å². The van der Waals surface area contributed by atoms with Gasteiger partial charge < -0.3 is 10.2 Å². The quantitative estimate of drug-likeness (QED) is 0.880. The number of para-hydroxylation sites is 1. The molecule has 0 spiro atoms. The van der Waals surface area contributed by atoms with Crippen LogP contribution in [0.15, 0.2) is 24.3 Å². The second kappa shape index (κ2) is 5.46. The molecule has 6 nitrogen and oxygen atoms in total. The van der Waals surface area contributed by atoms with Gasteiger partial charge in [0, 0.05) is 31.4 Å². The van der Waals surface area contributed by atoms with Crippen LogP contribution in [0.3, 0.4) is 0 Å². The molecule has 2 atom stereocenters. The summed E-state index contributed by atoms with van der Waals surface area (Å²) in [5, 5.41) is 24.6. The van der Waals surface area contributed by atoms with Crippen molar-refractivity contribution >= 4 is 16.9 Å². The van der Waals surface area contributed by atoms with Gasteiger partial charge in [0.05, 0.1) is 17.3 Å². The van der Waals surface area contributed by atoms with E-state index in [0.717, 1.165) is 23.1 Å². The van der Waals surface area contributed by atoms with Gasteiger partial charge in [-0.1, -0.05) is 18.2 Å². The summed E-state index contributed by atoms with van der Waals surface area (Å²) in [5.41, 5.74) is 1.93. The lowest BCUT2D eigenvalue weighted by atomic mass is 10.2. The molecule has 1 aromatic carbocycles. The van der Waals surface area contributed by atoms with Crippen molar-refractivity contribution in [1.29, 1.82) is 0 Å². The number of aromatic nitrogens is 2. The SMILES string of the molecule is CCn1nc(CN2CC(O)CC2C(=O)O)c2ccccc21. The molecule has 1 saturated heterocycles. The maximum Gasteiger partial charge on any atom is 0.321 e. The maximum atomic E-state index is 11.3. The van der Waals surface area contributed by atoms with E-state index < -0.39 is 18.1 Å². The average Bonchev–Trinajstić information content (AvgIpc) is 3.01. The first-order chi connectivity index (χ1) is 10.1. The Balaban J connectivity index is 1.93. The van der Waals surface area contributed by atoms with Crippen LogP contribution in [0, 0.1) is 0 Å². The molecule has 1 fully saturated rings. The molecule has 1 aliphatic heterocycles. The average molecular weight is 289 g/mol. The van der Waals surface area contributed by atoms with Gasteiger partial charge in [-0.25, -0.2) is 0 Å². The number of carboxylic acid groups (broad SMARTS) is 1. The third-order valence-corrected chi connectivity index (χ3v) is 4.05. The van der Waals surface area contributed by atoms with Crippen LogP contribution in [-0.2, 0) is 17.9 Å². The number of hydrogen-bond donors (Lipinski definition) is 2. The van der Waals surface area contributed by atoms with Crippen molar-refractivity contribution in [3.8, 4) is 0 Å². The predicted molar refractivity (Wildman–Crippen MR) is 77.9 cm³/mol. The van der Waals surface area contributed by atoms with Gasteiger partial charge in [0.2, 0.25) is 0 Å². The number of likely N-dealkylation sites (tertiary alicyclic amines) is 1. The number of aliphatic hydroxyl groups excluding tert-OH is 1. The number of carbonyl (C=O) groups is 1. The summed E-state index contributed by atoms with van der Waals surface area (Å²) in [7, 11) is 0. The molecule has 112 valence electrons. The molecule has 1 aliphatic rings. The smallest absolute Gasteiger partial charge is 0.321 e. The molecule has 2 N–H and O–H groups in total. The molecule has 0 radical (unpaired) electrons. The molecule has 2 aromatic rings. The molecular weight excluding hydrogens is 270 g/mol. The molecule has 0 amide bonds. The number of aliphatic hydroxyl groups is 1. The number of hydrogen-bond acceptors (Lipinski definition) is 4. The topological polar surface area (TPSA) is 78.6 Å². The minimum Gasteiger partial charge on any atom is -0.480 e. The first-order valence-electron chi connectivity index (χ1n) is 7.19. The van der Waals surface area contributed by atoms with Gasteiger partial charge in [0.25, 0.3) is 0 Å². The number of carboxylic acids is 1. The van der Waals surface area contributed by atoms with Crippen molar-refractivity contribution in [3.05, 3.63) is 30.0 Å². The van der Waals surface area contributed by atoms with E-state index in [1.807, 2.05) is 35.9 Å². The van der Waals surface area contributed by atoms with Gasteiger partial charge in [0.1, 0.15) is 6.04 Å². The lowest BCUT2D eigenvalue weighted by molar-refractivity contribution is -0.142. The van der Waals surface area contributed by atoms with Gasteiger partial charge in [-0.05, 0) is 13.0 Å². The van der Waals surface area contributed by atoms with Crippen LogP contribution in [0.25, 0.3) is 10.9 Å². The molecule has 0 saturated carbocycles. The summed E-state index contributed by atoms with van der Waals surface area (Å²) in [6.45, 7) is 3.63. The molecule has 21 heavy (non-hydrogen) atoms. The Morgan fingerprint density at radius 2 is 2.19 bits per heavy atom. The van der Waals surface area contributed by atoms with E-state index in [2.05, 4.69) is 5.10 Å². The molecule has 0 bridgehead atoms. The summed E-state index contributed by atoms with van der Waals surface area (Å²) in [6, 6.07) is 7.32. The minimum atomic E-state index is -0.884. The molecule has 6 heteroatoms. The number of benzene rings is 1. The zero-order valence-corrected chi connectivity index (χ0v) is 11.9. The van der Waals surface area contributed by atoms with Crippen LogP contribution >= 0.6 is 0 Å². The van der Waals surface area contributed by atoms with E-state index >= 15 is 0 Å². The summed E-state index contributed by atoms with van der Waals surface area (Å²) < 4.78 is 1.92. The highest BCUT2D eigenvalue weighted by Gasteiger charge is 2.36. The standard InChI is InChI=1S/C15H19N3O3/c1-2-18-13-6-4-3-5-11(13)12(16-18)9-17-8-10(19)7-14(17)15(20)21/h3-6,10,14,19H,2,7-9H2,1H3,(H,20,21). The summed E-state index contributed by atoms with van der Waals surface area (Å²) in [4.78, 5) is 13.1. The monoisotopic (exact) mass is 289 g/mol. The fourth-order valence-corrected chi connectivity index (χ4v) is 3.06. The van der Waals surface area contributed by atoms with E-state index in [1.165, 1.54) is 0 Å². The minimum absolute atomic E-state index is 0.280. The number of β-amino-alcohol motifs (C(OH)–C–C–N with tert-alkyl or cyclic N) is 1. The number of fused-ring (bicyclic) bond motifs is 1. The Morgan fingerprint density at radius 1 is 1.43 bits per heavy atom. The first-order valence-corrected chi connectivity index (χ1v) is 7.19. The Hall–Kier alpha value is -1.92. The van der Waals surface area contributed by atoms with Gasteiger partial charge in [-0.15, -0.1) is 0 Å². The van der Waals surface area contributed by atoms with Gasteiger partial charge in [-0.2, -0.15) is 5.10 Å². The van der Waals surface area contributed by atoms with Crippen LogP contribution in [0.4, 0.5) is 0 Å². The first kappa shape index (κ1) is 14.0. The fourth-order valence-electron chi connectivity index (χ4n) is 3.06. The Kier molecular flexibility index (Phi) is 3.65. The zero-order valence-electron chi connectivity index (χ0n) is 11.9. The largest absolute Gasteiger partial charge is 0.480 e. The van der Waals surface area contributed by atoms with Crippen molar-refractivity contribution in [1.82, 2.24) is 14.7 Å². The molecule has 2 unspecified atom stereocenters. The van der Waals surface area contributed by atoms with Crippen LogP contribution < -0.4 is 0 Å². The molecule has 2 heterocycles. The van der Waals surface area contributed by atoms with E-state index in [4.69, 9.17) is 0 Å². The normalized spacial score (nSPS) is 23.0. The summed E-state index contributed by atoms with van der Waals surface area (Å²) in [6.07, 6.45) is -0.299. The number of aryl methyl sites for hydroxylation is 1. The van der Waals surface area contributed by atoms with Crippen molar-refractivity contribution < 1.29 is 15.0 Å². The Labute approximate surface area is 122 Å². The lowest BCUT2D eigenvalue weighted by Gasteiger charge is -2.19. The van der Waals surface area contributed by atoms with Crippen LogP contribution in [0.2, 0.25) is 0 Å². The highest BCUT2D eigenvalue weighted by Crippen LogP contribution is 2.24. The summed E-state index contributed by atoms with van der Waals surface area (Å²) in [5.74, 6) is -0.884. The van der Waals surface area contributed by atoms with Crippen molar-refractivity contribution in [3.63, 3.8) is 0 Å².